The Morgan fingerprint density at radius 2 is 2.05 bits per heavy atom. The number of fused-ring (bicyclic) bond motifs is 2. The second-order valence-corrected chi connectivity index (χ2v) is 7.78. The zero-order valence-corrected chi connectivity index (χ0v) is 14.1. The number of hydrogen-bond donors (Lipinski definition) is 3. The molecule has 4 nitrogen and oxygen atoms in total. The van der Waals surface area contributed by atoms with E-state index in [0.29, 0.717) is 18.6 Å². The van der Waals surface area contributed by atoms with Crippen LogP contribution in [0.1, 0.15) is 53.4 Å². The number of aliphatic hydroxyl groups is 2. The largest absolute Gasteiger partial charge is 0.395 e. The van der Waals surface area contributed by atoms with E-state index in [9.17, 15) is 5.11 Å². The van der Waals surface area contributed by atoms with Gasteiger partial charge in [-0.05, 0) is 42.4 Å². The van der Waals surface area contributed by atoms with E-state index in [1.165, 1.54) is 12.8 Å². The van der Waals surface area contributed by atoms with Gasteiger partial charge in [0.15, 0.2) is 0 Å². The van der Waals surface area contributed by atoms with E-state index in [1.807, 2.05) is 6.92 Å². The molecule has 0 aromatic rings. The SMILES string of the molecule is CC[C@@H](CO)NC[C@H](O)CO[C@@H]1C[C@@H]2CC[C@]1(C)C2(C)C. The Morgan fingerprint density at radius 1 is 1.33 bits per heavy atom. The summed E-state index contributed by atoms with van der Waals surface area (Å²) in [6, 6.07) is 0.0681. The van der Waals surface area contributed by atoms with E-state index in [-0.39, 0.29) is 24.2 Å². The van der Waals surface area contributed by atoms with Crippen LogP contribution in [0, 0.1) is 16.7 Å². The number of hydrogen-bond acceptors (Lipinski definition) is 4. The summed E-state index contributed by atoms with van der Waals surface area (Å²) in [6.07, 6.45) is 4.34. The molecule has 2 aliphatic rings. The molecule has 0 aromatic heterocycles. The van der Waals surface area contributed by atoms with Crippen LogP contribution in [0.5, 0.6) is 0 Å². The van der Waals surface area contributed by atoms with Gasteiger partial charge in [0.2, 0.25) is 0 Å². The lowest BCUT2D eigenvalue weighted by Crippen LogP contribution is -2.42. The molecule has 2 saturated carbocycles. The first-order chi connectivity index (χ1) is 9.85. The normalized spacial score (nSPS) is 36.9. The van der Waals surface area contributed by atoms with Gasteiger partial charge in [-0.15, -0.1) is 0 Å². The first-order valence-electron chi connectivity index (χ1n) is 8.49. The highest BCUT2D eigenvalue weighted by Crippen LogP contribution is 2.66. The minimum Gasteiger partial charge on any atom is -0.395 e. The lowest BCUT2D eigenvalue weighted by atomic mass is 9.70. The molecule has 4 heteroatoms. The van der Waals surface area contributed by atoms with Gasteiger partial charge in [0.1, 0.15) is 0 Å². The van der Waals surface area contributed by atoms with Crippen molar-refractivity contribution in [1.82, 2.24) is 5.32 Å². The van der Waals surface area contributed by atoms with Crippen molar-refractivity contribution in [3.05, 3.63) is 0 Å². The van der Waals surface area contributed by atoms with Gasteiger partial charge in [-0.3, -0.25) is 0 Å². The van der Waals surface area contributed by atoms with E-state index in [2.05, 4.69) is 26.1 Å². The zero-order valence-electron chi connectivity index (χ0n) is 14.1. The van der Waals surface area contributed by atoms with Crippen LogP contribution in [-0.4, -0.2) is 48.2 Å². The molecule has 2 rings (SSSR count). The highest BCUT2D eigenvalue weighted by molar-refractivity contribution is 5.11. The fourth-order valence-electron chi connectivity index (χ4n) is 4.31. The first-order valence-corrected chi connectivity index (χ1v) is 8.49. The Labute approximate surface area is 129 Å². The number of ether oxygens (including phenoxy) is 1. The average Bonchev–Trinajstić information content (AvgIpc) is 2.79. The van der Waals surface area contributed by atoms with Crippen LogP contribution in [0.25, 0.3) is 0 Å². The van der Waals surface area contributed by atoms with Crippen LogP contribution in [0.4, 0.5) is 0 Å². The highest BCUT2D eigenvalue weighted by atomic mass is 16.5. The van der Waals surface area contributed by atoms with Crippen LogP contribution in [0.15, 0.2) is 0 Å². The summed E-state index contributed by atoms with van der Waals surface area (Å²) in [5.41, 5.74) is 0.604. The second-order valence-electron chi connectivity index (χ2n) is 7.78. The molecule has 0 amide bonds. The quantitative estimate of drug-likeness (QED) is 0.641. The smallest absolute Gasteiger partial charge is 0.0897 e. The van der Waals surface area contributed by atoms with Crippen molar-refractivity contribution < 1.29 is 14.9 Å². The van der Waals surface area contributed by atoms with Gasteiger partial charge in [0, 0.05) is 12.6 Å². The minimum atomic E-state index is -0.503. The molecule has 0 spiro atoms. The van der Waals surface area contributed by atoms with Gasteiger partial charge >= 0.3 is 0 Å². The van der Waals surface area contributed by atoms with E-state index >= 15 is 0 Å². The molecule has 124 valence electrons. The van der Waals surface area contributed by atoms with Crippen LogP contribution in [-0.2, 0) is 4.74 Å². The van der Waals surface area contributed by atoms with E-state index in [0.717, 1.165) is 18.8 Å². The van der Waals surface area contributed by atoms with Gasteiger partial charge < -0.3 is 20.3 Å². The average molecular weight is 299 g/mol. The summed E-state index contributed by atoms with van der Waals surface area (Å²) in [4.78, 5) is 0. The zero-order chi connectivity index (χ0) is 15.7. The maximum absolute atomic E-state index is 10.1. The predicted octanol–water partition coefficient (Wildman–Crippen LogP) is 1.94. The van der Waals surface area contributed by atoms with Gasteiger partial charge in [-0.2, -0.15) is 0 Å². The van der Waals surface area contributed by atoms with Crippen molar-refractivity contribution in [3.63, 3.8) is 0 Å². The monoisotopic (exact) mass is 299 g/mol. The third-order valence-corrected chi connectivity index (χ3v) is 6.56. The molecule has 2 bridgehead atoms. The maximum atomic E-state index is 10.1. The predicted molar refractivity (Wildman–Crippen MR) is 84.1 cm³/mol. The minimum absolute atomic E-state index is 0.0681. The van der Waals surface area contributed by atoms with Crippen LogP contribution < -0.4 is 5.32 Å². The van der Waals surface area contributed by atoms with Crippen LogP contribution >= 0.6 is 0 Å². The van der Waals surface area contributed by atoms with Crippen molar-refractivity contribution in [2.75, 3.05) is 19.8 Å². The standard InChI is InChI=1S/C17H33NO3/c1-5-13(10-19)18-9-14(20)11-21-15-8-12-6-7-17(15,4)16(12,2)3/h12-15,18-20H,5-11H2,1-4H3/t12-,13-,14-,15+,17-/m0/s1. The second kappa shape index (κ2) is 6.53. The Hall–Kier alpha value is -0.160. The van der Waals surface area contributed by atoms with Gasteiger partial charge in [0.25, 0.3) is 0 Å². The van der Waals surface area contributed by atoms with Crippen molar-refractivity contribution in [1.29, 1.82) is 0 Å². The molecule has 21 heavy (non-hydrogen) atoms. The fraction of sp³-hybridized carbons (Fsp3) is 1.00. The van der Waals surface area contributed by atoms with E-state index in [4.69, 9.17) is 9.84 Å². The van der Waals surface area contributed by atoms with Gasteiger partial charge in [0.05, 0.1) is 25.4 Å². The van der Waals surface area contributed by atoms with Crippen molar-refractivity contribution in [3.8, 4) is 0 Å². The summed E-state index contributed by atoms with van der Waals surface area (Å²) in [5.74, 6) is 0.765. The van der Waals surface area contributed by atoms with Crippen molar-refractivity contribution >= 4 is 0 Å². The molecular weight excluding hydrogens is 266 g/mol. The molecule has 0 unspecified atom stereocenters. The van der Waals surface area contributed by atoms with E-state index in [1.54, 1.807) is 0 Å². The van der Waals surface area contributed by atoms with Gasteiger partial charge in [-0.25, -0.2) is 0 Å². The fourth-order valence-corrected chi connectivity index (χ4v) is 4.31. The Kier molecular flexibility index (Phi) is 5.35. The Morgan fingerprint density at radius 3 is 2.52 bits per heavy atom. The van der Waals surface area contributed by atoms with Crippen molar-refractivity contribution in [2.45, 2.75) is 71.6 Å². The molecule has 2 fully saturated rings. The molecule has 0 radical (unpaired) electrons. The summed E-state index contributed by atoms with van der Waals surface area (Å²) in [6.45, 7) is 10.1. The third-order valence-electron chi connectivity index (χ3n) is 6.56. The Bertz CT molecular complexity index is 343. The molecule has 0 saturated heterocycles. The summed E-state index contributed by atoms with van der Waals surface area (Å²) in [7, 11) is 0. The first kappa shape index (κ1) is 17.2. The van der Waals surface area contributed by atoms with Crippen LogP contribution in [0.2, 0.25) is 0 Å². The van der Waals surface area contributed by atoms with Crippen LogP contribution in [0.3, 0.4) is 0 Å². The number of aliphatic hydroxyl groups excluding tert-OH is 2. The summed E-state index contributed by atoms with van der Waals surface area (Å²) in [5, 5.41) is 22.4. The highest BCUT2D eigenvalue weighted by Gasteiger charge is 2.61. The van der Waals surface area contributed by atoms with E-state index < -0.39 is 6.10 Å². The molecule has 2 aliphatic carbocycles. The molecule has 0 aliphatic heterocycles. The Balaban J connectivity index is 1.77. The lowest BCUT2D eigenvalue weighted by molar-refractivity contribution is -0.0746. The third kappa shape index (κ3) is 3.14. The van der Waals surface area contributed by atoms with Gasteiger partial charge in [-0.1, -0.05) is 27.7 Å². The van der Waals surface area contributed by atoms with Crippen molar-refractivity contribution in [2.24, 2.45) is 16.7 Å². The maximum Gasteiger partial charge on any atom is 0.0897 e. The topological polar surface area (TPSA) is 61.7 Å². The molecular formula is C17H33NO3. The lowest BCUT2D eigenvalue weighted by Gasteiger charge is -2.39. The molecule has 0 heterocycles. The molecule has 0 aromatic carbocycles. The number of rotatable bonds is 8. The molecule has 5 atom stereocenters. The number of nitrogens with one attached hydrogen (secondary N) is 1. The summed E-state index contributed by atoms with van der Waals surface area (Å²) >= 11 is 0. The summed E-state index contributed by atoms with van der Waals surface area (Å²) < 4.78 is 6.08. The molecule has 3 N–H and O–H groups in total.